The molecule has 1 aliphatic rings. The summed E-state index contributed by atoms with van der Waals surface area (Å²) in [6.45, 7) is 0. The quantitative estimate of drug-likeness (QED) is 0.403. The average Bonchev–Trinajstić information content (AvgIpc) is 3.59. The summed E-state index contributed by atoms with van der Waals surface area (Å²) in [5.74, 6) is -1.66. The zero-order chi connectivity index (χ0) is 23.4. The van der Waals surface area contributed by atoms with Crippen LogP contribution in [0.15, 0.2) is 90.8 Å². The van der Waals surface area contributed by atoms with Crippen molar-refractivity contribution in [3.05, 3.63) is 119 Å². The molecule has 3 aromatic rings. The predicted octanol–water partition coefficient (Wildman–Crippen LogP) is 4.46. The maximum absolute atomic E-state index is 13.5. The Hall–Kier alpha value is -4.13. The fourth-order valence-electron chi connectivity index (χ4n) is 3.57. The van der Waals surface area contributed by atoms with Crippen LogP contribution < -0.4 is 22.1 Å². The molecule has 0 aliphatic heterocycles. The Morgan fingerprint density at radius 1 is 0.879 bits per heavy atom. The number of allylic oxidation sites excluding steroid dienone is 2. The van der Waals surface area contributed by atoms with Crippen molar-refractivity contribution < 1.29 is 13.6 Å². The summed E-state index contributed by atoms with van der Waals surface area (Å²) in [6.07, 6.45) is 4.05. The summed E-state index contributed by atoms with van der Waals surface area (Å²) in [6, 6.07) is 20.2. The zero-order valence-corrected chi connectivity index (χ0v) is 17.8. The van der Waals surface area contributed by atoms with Crippen LogP contribution in [0.2, 0.25) is 0 Å². The zero-order valence-electron chi connectivity index (χ0n) is 17.8. The maximum atomic E-state index is 13.5. The Morgan fingerprint density at radius 3 is 2.39 bits per heavy atom. The van der Waals surface area contributed by atoms with Crippen LogP contribution in [-0.2, 0) is 0 Å². The number of nitrogens with one attached hydrogen (secondary N) is 2. The third-order valence-electron chi connectivity index (χ3n) is 5.44. The molecule has 0 heterocycles. The molecule has 7 heteroatoms. The van der Waals surface area contributed by atoms with Gasteiger partial charge in [-0.15, -0.1) is 0 Å². The lowest BCUT2D eigenvalue weighted by Gasteiger charge is -2.09. The SMILES string of the molecule is N/C(=C\C=C(/N)Nc1cccc(C(=O)N[C@@H]2C[C@H]2c2ccc(F)c(F)c2)c1)c1ccccc1. The van der Waals surface area contributed by atoms with Gasteiger partial charge in [0.2, 0.25) is 0 Å². The highest BCUT2D eigenvalue weighted by Gasteiger charge is 2.40. The molecule has 1 amide bonds. The number of nitrogens with two attached hydrogens (primary N) is 2. The lowest BCUT2D eigenvalue weighted by Crippen LogP contribution is -2.26. The van der Waals surface area contributed by atoms with Gasteiger partial charge in [-0.25, -0.2) is 8.78 Å². The number of carbonyl (C=O) groups is 1. The largest absolute Gasteiger partial charge is 0.398 e. The van der Waals surface area contributed by atoms with Crippen LogP contribution in [0.1, 0.15) is 33.8 Å². The van der Waals surface area contributed by atoms with Crippen LogP contribution in [0.3, 0.4) is 0 Å². The second kappa shape index (κ2) is 9.56. The predicted molar refractivity (Wildman–Crippen MR) is 126 cm³/mol. The third-order valence-corrected chi connectivity index (χ3v) is 5.44. The topological polar surface area (TPSA) is 93.2 Å². The molecule has 1 saturated carbocycles. The first-order chi connectivity index (χ1) is 15.9. The van der Waals surface area contributed by atoms with Gasteiger partial charge >= 0.3 is 0 Å². The van der Waals surface area contributed by atoms with Gasteiger partial charge in [0, 0.05) is 28.9 Å². The van der Waals surface area contributed by atoms with Gasteiger partial charge in [0.1, 0.15) is 5.82 Å². The minimum absolute atomic E-state index is 0.0224. The second-order valence-electron chi connectivity index (χ2n) is 7.91. The molecule has 0 radical (unpaired) electrons. The van der Waals surface area contributed by atoms with E-state index in [9.17, 15) is 13.6 Å². The molecule has 0 spiro atoms. The maximum Gasteiger partial charge on any atom is 0.251 e. The molecule has 5 nitrogen and oxygen atoms in total. The van der Waals surface area contributed by atoms with E-state index >= 15 is 0 Å². The fourth-order valence-corrected chi connectivity index (χ4v) is 3.57. The standard InChI is InChI=1S/C26H24F2N4O/c27-21-10-9-17(14-22(21)28)20-15-24(20)32-26(33)18-7-4-8-19(13-18)31-25(30)12-11-23(29)16-5-2-1-3-6-16/h1-14,20,24,31H,15,29-30H2,(H,32,33)/b23-11-,25-12+/t20-,24+/m0/s1. The van der Waals surface area contributed by atoms with E-state index in [1.807, 2.05) is 30.3 Å². The lowest BCUT2D eigenvalue weighted by molar-refractivity contribution is 0.0950. The van der Waals surface area contributed by atoms with Crippen molar-refractivity contribution in [1.29, 1.82) is 0 Å². The van der Waals surface area contributed by atoms with Gasteiger partial charge in [-0.05, 0) is 60.0 Å². The van der Waals surface area contributed by atoms with Crippen LogP contribution in [0.25, 0.3) is 5.70 Å². The molecule has 0 unspecified atom stereocenters. The first-order valence-corrected chi connectivity index (χ1v) is 10.5. The number of anilines is 1. The molecular weight excluding hydrogens is 422 g/mol. The van der Waals surface area contributed by atoms with Crippen molar-refractivity contribution in [2.45, 2.75) is 18.4 Å². The summed E-state index contributed by atoms with van der Waals surface area (Å²) in [4.78, 5) is 12.7. The second-order valence-corrected chi connectivity index (χ2v) is 7.91. The van der Waals surface area contributed by atoms with Gasteiger partial charge in [0.25, 0.3) is 5.91 Å². The van der Waals surface area contributed by atoms with Crippen LogP contribution in [0, 0.1) is 11.6 Å². The van der Waals surface area contributed by atoms with E-state index in [0.29, 0.717) is 34.8 Å². The fraction of sp³-hybridized carbons (Fsp3) is 0.115. The number of hydrogen-bond acceptors (Lipinski definition) is 4. The van der Waals surface area contributed by atoms with Crippen molar-refractivity contribution >= 4 is 17.3 Å². The molecule has 3 aromatic carbocycles. The Labute approximate surface area is 190 Å². The Kier molecular flexibility index (Phi) is 6.40. The summed E-state index contributed by atoms with van der Waals surface area (Å²) < 4.78 is 26.6. The van der Waals surface area contributed by atoms with Gasteiger partial charge < -0.3 is 22.1 Å². The van der Waals surface area contributed by atoms with Crippen molar-refractivity contribution in [1.82, 2.24) is 5.32 Å². The van der Waals surface area contributed by atoms with Gasteiger partial charge in [0.05, 0.1) is 0 Å². The average molecular weight is 447 g/mol. The normalized spacial score (nSPS) is 18.0. The first kappa shape index (κ1) is 22.1. The van der Waals surface area contributed by atoms with Crippen molar-refractivity contribution in [3.63, 3.8) is 0 Å². The van der Waals surface area contributed by atoms with E-state index in [0.717, 1.165) is 11.6 Å². The van der Waals surface area contributed by atoms with Crippen LogP contribution >= 0.6 is 0 Å². The van der Waals surface area contributed by atoms with Gasteiger partial charge in [-0.2, -0.15) is 0 Å². The third kappa shape index (κ3) is 5.57. The molecule has 0 bridgehead atoms. The summed E-state index contributed by atoms with van der Waals surface area (Å²) in [7, 11) is 0. The van der Waals surface area contributed by atoms with Gasteiger partial charge in [-0.3, -0.25) is 4.79 Å². The number of amides is 1. The smallest absolute Gasteiger partial charge is 0.251 e. The Morgan fingerprint density at radius 2 is 1.64 bits per heavy atom. The van der Waals surface area contributed by atoms with Crippen molar-refractivity contribution in [3.8, 4) is 0 Å². The van der Waals surface area contributed by atoms with E-state index in [2.05, 4.69) is 10.6 Å². The highest BCUT2D eigenvalue weighted by atomic mass is 19.2. The molecule has 4 rings (SSSR count). The lowest BCUT2D eigenvalue weighted by atomic mass is 10.1. The van der Waals surface area contributed by atoms with Crippen LogP contribution in [0.4, 0.5) is 14.5 Å². The van der Waals surface area contributed by atoms with Gasteiger partial charge in [0.15, 0.2) is 11.6 Å². The number of rotatable bonds is 7. The number of halogens is 2. The Bertz CT molecular complexity index is 1220. The van der Waals surface area contributed by atoms with E-state index in [-0.39, 0.29) is 17.9 Å². The Balaban J connectivity index is 1.36. The molecule has 1 fully saturated rings. The molecule has 6 N–H and O–H groups in total. The monoisotopic (exact) mass is 446 g/mol. The van der Waals surface area contributed by atoms with Gasteiger partial charge in [-0.1, -0.05) is 42.5 Å². The molecule has 0 saturated heterocycles. The van der Waals surface area contributed by atoms with E-state index in [1.165, 1.54) is 6.07 Å². The summed E-state index contributed by atoms with van der Waals surface area (Å²) in [5, 5.41) is 5.98. The van der Waals surface area contributed by atoms with E-state index in [4.69, 9.17) is 11.5 Å². The molecule has 0 aromatic heterocycles. The van der Waals surface area contributed by atoms with Crippen molar-refractivity contribution in [2.24, 2.45) is 11.5 Å². The summed E-state index contributed by atoms with van der Waals surface area (Å²) in [5.41, 5.74) is 15.4. The van der Waals surface area contributed by atoms with Crippen molar-refractivity contribution in [2.75, 3.05) is 5.32 Å². The number of hydrogen-bond donors (Lipinski definition) is 4. The molecule has 168 valence electrons. The first-order valence-electron chi connectivity index (χ1n) is 10.5. The molecule has 2 atom stereocenters. The number of benzene rings is 3. The molecule has 33 heavy (non-hydrogen) atoms. The highest BCUT2D eigenvalue weighted by molar-refractivity contribution is 5.95. The minimum atomic E-state index is -0.880. The van der Waals surface area contributed by atoms with Crippen LogP contribution in [0.5, 0.6) is 0 Å². The highest BCUT2D eigenvalue weighted by Crippen LogP contribution is 2.41. The molecule has 1 aliphatic carbocycles. The minimum Gasteiger partial charge on any atom is -0.398 e. The summed E-state index contributed by atoms with van der Waals surface area (Å²) >= 11 is 0. The van der Waals surface area contributed by atoms with Crippen LogP contribution in [-0.4, -0.2) is 11.9 Å². The molecular formula is C26H24F2N4O. The number of carbonyl (C=O) groups excluding carboxylic acids is 1. The van der Waals surface area contributed by atoms with E-state index < -0.39 is 11.6 Å². The van der Waals surface area contributed by atoms with E-state index in [1.54, 1.807) is 42.5 Å².